The highest BCUT2D eigenvalue weighted by molar-refractivity contribution is 7.17. The van der Waals surface area contributed by atoms with Gasteiger partial charge in [-0.1, -0.05) is 11.6 Å². The van der Waals surface area contributed by atoms with E-state index in [0.717, 1.165) is 5.39 Å². The molecule has 0 aliphatic rings. The molecule has 0 aliphatic heterocycles. The predicted molar refractivity (Wildman–Crippen MR) is 51.5 cm³/mol. The second kappa shape index (κ2) is 2.71. The van der Waals surface area contributed by atoms with E-state index in [1.165, 1.54) is 11.3 Å². The van der Waals surface area contributed by atoms with Gasteiger partial charge in [-0.2, -0.15) is 0 Å². The zero-order valence-electron chi connectivity index (χ0n) is 6.40. The Morgan fingerprint density at radius 1 is 1.50 bits per heavy atom. The Bertz CT molecular complexity index is 433. The first-order chi connectivity index (χ1) is 5.70. The van der Waals surface area contributed by atoms with Gasteiger partial charge >= 0.3 is 0 Å². The quantitative estimate of drug-likeness (QED) is 0.603. The molecule has 0 nitrogen and oxygen atoms in total. The third-order valence-corrected chi connectivity index (χ3v) is 3.18. The summed E-state index contributed by atoms with van der Waals surface area (Å²) in [5, 5.41) is 3.25. The van der Waals surface area contributed by atoms with Gasteiger partial charge in [0.2, 0.25) is 0 Å². The summed E-state index contributed by atoms with van der Waals surface area (Å²) in [6.07, 6.45) is 0. The fraction of sp³-hybridized carbons (Fsp3) is 0.111. The lowest BCUT2D eigenvalue weighted by atomic mass is 10.2. The highest BCUT2D eigenvalue weighted by Gasteiger charge is 2.08. The van der Waals surface area contributed by atoms with Gasteiger partial charge < -0.3 is 0 Å². The van der Waals surface area contributed by atoms with Gasteiger partial charge in [-0.25, -0.2) is 4.39 Å². The van der Waals surface area contributed by atoms with Gasteiger partial charge in [-0.3, -0.25) is 0 Å². The van der Waals surface area contributed by atoms with E-state index in [1.807, 2.05) is 11.4 Å². The van der Waals surface area contributed by atoms with E-state index >= 15 is 0 Å². The Kier molecular flexibility index (Phi) is 1.81. The van der Waals surface area contributed by atoms with Gasteiger partial charge in [0.05, 0.1) is 4.70 Å². The summed E-state index contributed by atoms with van der Waals surface area (Å²) in [5.74, 6) is -0.187. The first-order valence-electron chi connectivity index (χ1n) is 3.52. The standard InChI is InChI=1S/C9H6ClFS/c1-5-7(10)4-6-2-3-12-9(6)8(5)11/h2-4H,1H3. The molecule has 2 rings (SSSR count). The molecule has 62 valence electrons. The Morgan fingerprint density at radius 2 is 2.25 bits per heavy atom. The molecule has 0 saturated heterocycles. The van der Waals surface area contributed by atoms with Gasteiger partial charge in [0.25, 0.3) is 0 Å². The maximum Gasteiger partial charge on any atom is 0.145 e. The van der Waals surface area contributed by atoms with E-state index in [0.29, 0.717) is 15.3 Å². The van der Waals surface area contributed by atoms with Crippen molar-refractivity contribution in [2.45, 2.75) is 6.92 Å². The summed E-state index contributed by atoms with van der Waals surface area (Å²) in [6, 6.07) is 3.67. The number of hydrogen-bond donors (Lipinski definition) is 0. The Labute approximate surface area is 78.6 Å². The molecule has 0 fully saturated rings. The van der Waals surface area contributed by atoms with Crippen molar-refractivity contribution in [2.75, 3.05) is 0 Å². The molecule has 3 heteroatoms. The number of fused-ring (bicyclic) bond motifs is 1. The highest BCUT2D eigenvalue weighted by atomic mass is 35.5. The number of rotatable bonds is 0. The Balaban J connectivity index is 2.94. The zero-order valence-corrected chi connectivity index (χ0v) is 7.97. The summed E-state index contributed by atoms with van der Waals surface area (Å²) >= 11 is 7.22. The van der Waals surface area contributed by atoms with E-state index in [9.17, 15) is 4.39 Å². The lowest BCUT2D eigenvalue weighted by Crippen LogP contribution is -1.82. The molecule has 0 atom stereocenters. The lowest BCUT2D eigenvalue weighted by molar-refractivity contribution is 0.632. The van der Waals surface area contributed by atoms with Crippen LogP contribution in [-0.4, -0.2) is 0 Å². The molecule has 0 amide bonds. The average molecular weight is 201 g/mol. The van der Waals surface area contributed by atoms with Gasteiger partial charge in [0, 0.05) is 10.6 Å². The molecular formula is C9H6ClFS. The average Bonchev–Trinajstić information content (AvgIpc) is 2.48. The minimum atomic E-state index is -0.187. The number of benzene rings is 1. The molecule has 2 aromatic rings. The summed E-state index contributed by atoms with van der Waals surface area (Å²) in [4.78, 5) is 0. The third-order valence-electron chi connectivity index (χ3n) is 1.86. The number of hydrogen-bond acceptors (Lipinski definition) is 1. The van der Waals surface area contributed by atoms with Crippen LogP contribution in [0.1, 0.15) is 5.56 Å². The summed E-state index contributed by atoms with van der Waals surface area (Å²) in [7, 11) is 0. The fourth-order valence-electron chi connectivity index (χ4n) is 1.13. The van der Waals surface area contributed by atoms with Crippen molar-refractivity contribution in [3.8, 4) is 0 Å². The number of halogens is 2. The molecule has 0 radical (unpaired) electrons. The predicted octanol–water partition coefficient (Wildman–Crippen LogP) is 4.00. The maximum absolute atomic E-state index is 13.4. The molecule has 0 unspecified atom stereocenters. The molecule has 1 heterocycles. The van der Waals surface area contributed by atoms with E-state index < -0.39 is 0 Å². The minimum absolute atomic E-state index is 0.187. The topological polar surface area (TPSA) is 0 Å². The van der Waals surface area contributed by atoms with Crippen molar-refractivity contribution in [1.82, 2.24) is 0 Å². The second-order valence-corrected chi connectivity index (χ2v) is 3.96. The Morgan fingerprint density at radius 3 is 3.00 bits per heavy atom. The smallest absolute Gasteiger partial charge is 0.145 e. The normalized spacial score (nSPS) is 10.9. The van der Waals surface area contributed by atoms with E-state index in [4.69, 9.17) is 11.6 Å². The van der Waals surface area contributed by atoms with Crippen molar-refractivity contribution in [1.29, 1.82) is 0 Å². The van der Waals surface area contributed by atoms with Crippen LogP contribution in [0.4, 0.5) is 4.39 Å². The van der Waals surface area contributed by atoms with Crippen LogP contribution in [0.15, 0.2) is 17.5 Å². The fourth-order valence-corrected chi connectivity index (χ4v) is 2.20. The molecule has 1 aromatic heterocycles. The summed E-state index contributed by atoms with van der Waals surface area (Å²) in [6.45, 7) is 1.69. The SMILES string of the molecule is Cc1c(Cl)cc2ccsc2c1F. The molecule has 1 aromatic carbocycles. The molecule has 0 saturated carbocycles. The number of thiophene rings is 1. The van der Waals surface area contributed by atoms with Gasteiger partial charge in [-0.05, 0) is 29.8 Å². The van der Waals surface area contributed by atoms with E-state index in [2.05, 4.69) is 0 Å². The molecule has 0 bridgehead atoms. The van der Waals surface area contributed by atoms with Crippen LogP contribution in [0.5, 0.6) is 0 Å². The lowest BCUT2D eigenvalue weighted by Gasteiger charge is -1.99. The van der Waals surface area contributed by atoms with Crippen molar-refractivity contribution in [3.63, 3.8) is 0 Å². The summed E-state index contributed by atoms with van der Waals surface area (Å²) in [5.41, 5.74) is 0.534. The first kappa shape index (κ1) is 8.02. The van der Waals surface area contributed by atoms with Crippen molar-refractivity contribution in [3.05, 3.63) is 33.9 Å². The van der Waals surface area contributed by atoms with Crippen LogP contribution in [0.3, 0.4) is 0 Å². The minimum Gasteiger partial charge on any atom is -0.205 e. The van der Waals surface area contributed by atoms with Crippen LogP contribution in [-0.2, 0) is 0 Å². The molecule has 0 N–H and O–H groups in total. The van der Waals surface area contributed by atoms with E-state index in [1.54, 1.807) is 13.0 Å². The first-order valence-corrected chi connectivity index (χ1v) is 4.77. The largest absolute Gasteiger partial charge is 0.205 e. The van der Waals surface area contributed by atoms with Crippen LogP contribution >= 0.6 is 22.9 Å². The maximum atomic E-state index is 13.4. The molecule has 12 heavy (non-hydrogen) atoms. The van der Waals surface area contributed by atoms with E-state index in [-0.39, 0.29) is 5.82 Å². The monoisotopic (exact) mass is 200 g/mol. The van der Waals surface area contributed by atoms with Gasteiger partial charge in [0.15, 0.2) is 0 Å². The second-order valence-electron chi connectivity index (χ2n) is 2.64. The molecular weight excluding hydrogens is 195 g/mol. The van der Waals surface area contributed by atoms with Gasteiger partial charge in [0.1, 0.15) is 5.82 Å². The van der Waals surface area contributed by atoms with Crippen molar-refractivity contribution < 1.29 is 4.39 Å². The third kappa shape index (κ3) is 1.03. The molecule has 0 aliphatic carbocycles. The van der Waals surface area contributed by atoms with Crippen LogP contribution in [0, 0.1) is 12.7 Å². The van der Waals surface area contributed by atoms with Crippen molar-refractivity contribution in [2.24, 2.45) is 0 Å². The highest BCUT2D eigenvalue weighted by Crippen LogP contribution is 2.30. The van der Waals surface area contributed by atoms with Crippen molar-refractivity contribution >= 4 is 33.0 Å². The zero-order chi connectivity index (χ0) is 8.72. The Hall–Kier alpha value is -0.600. The van der Waals surface area contributed by atoms with Crippen LogP contribution in [0.25, 0.3) is 10.1 Å². The van der Waals surface area contributed by atoms with Gasteiger partial charge in [-0.15, -0.1) is 11.3 Å². The molecule has 0 spiro atoms. The summed E-state index contributed by atoms with van der Waals surface area (Å²) < 4.78 is 14.1. The van der Waals surface area contributed by atoms with Crippen LogP contribution < -0.4 is 0 Å². The van der Waals surface area contributed by atoms with Crippen LogP contribution in [0.2, 0.25) is 5.02 Å².